The molecular weight excluding hydrogens is 459 g/mol. The van der Waals surface area contributed by atoms with E-state index in [0.717, 1.165) is 38.3 Å². The fraction of sp³-hybridized carbons (Fsp3) is 0.375. The molecule has 0 saturated carbocycles. The molecule has 3 aromatic rings. The number of hydrogen-bond acceptors (Lipinski definition) is 5. The van der Waals surface area contributed by atoms with Gasteiger partial charge < -0.3 is 10.2 Å². The van der Waals surface area contributed by atoms with E-state index in [1.54, 1.807) is 22.9 Å². The van der Waals surface area contributed by atoms with E-state index >= 15 is 0 Å². The van der Waals surface area contributed by atoms with E-state index in [9.17, 15) is 4.79 Å². The number of aromatic nitrogens is 3. The molecule has 1 amide bonds. The second-order valence-electron chi connectivity index (χ2n) is 8.23. The summed E-state index contributed by atoms with van der Waals surface area (Å²) < 4.78 is 1.57. The van der Waals surface area contributed by atoms with Gasteiger partial charge in [0, 0.05) is 39.1 Å². The smallest absolute Gasteiger partial charge is 0.291 e. The molecule has 1 aliphatic rings. The molecule has 1 aromatic heterocycles. The fourth-order valence-electron chi connectivity index (χ4n) is 3.97. The first-order valence-corrected chi connectivity index (χ1v) is 11.9. The lowest BCUT2D eigenvalue weighted by Crippen LogP contribution is -2.48. The zero-order valence-electron chi connectivity index (χ0n) is 18.8. The Balaban J connectivity index is 1.58. The average Bonchev–Trinajstić information content (AvgIpc) is 3.24. The standard InChI is InChI=1S/C24H28Cl2N6O/c1-3-21-28-23(29-32(21)22-18(25)10-7-11-19(22)26)24(33)27-20(17-8-5-4-6-9-17)16-31-14-12-30(2)13-15-31/h4-11,20H,3,12-16H2,1-2H3,(H,27,33). The van der Waals surface area contributed by atoms with Crippen molar-refractivity contribution >= 4 is 29.1 Å². The number of likely N-dealkylation sites (N-methyl/N-ethyl adjacent to an activating group) is 1. The monoisotopic (exact) mass is 486 g/mol. The molecule has 33 heavy (non-hydrogen) atoms. The number of para-hydroxylation sites is 1. The number of nitrogens with zero attached hydrogens (tertiary/aromatic N) is 5. The Morgan fingerprint density at radius 1 is 1.03 bits per heavy atom. The molecule has 174 valence electrons. The third-order valence-corrected chi connectivity index (χ3v) is 6.50. The molecule has 7 nitrogen and oxygen atoms in total. The number of hydrogen-bond donors (Lipinski definition) is 1. The Bertz CT molecular complexity index is 1080. The fourth-order valence-corrected chi connectivity index (χ4v) is 4.53. The maximum absolute atomic E-state index is 13.3. The van der Waals surface area contributed by atoms with E-state index in [2.05, 4.69) is 32.2 Å². The van der Waals surface area contributed by atoms with Crippen molar-refractivity contribution < 1.29 is 4.79 Å². The van der Waals surface area contributed by atoms with Crippen molar-refractivity contribution in [3.8, 4) is 5.69 Å². The summed E-state index contributed by atoms with van der Waals surface area (Å²) in [6.45, 7) is 6.63. The van der Waals surface area contributed by atoms with Gasteiger partial charge in [-0.05, 0) is 24.7 Å². The number of carbonyl (C=O) groups is 1. The van der Waals surface area contributed by atoms with E-state index in [0.29, 0.717) is 28.0 Å². The molecule has 0 bridgehead atoms. The summed E-state index contributed by atoms with van der Waals surface area (Å²) in [4.78, 5) is 22.5. The van der Waals surface area contributed by atoms with Crippen LogP contribution in [-0.2, 0) is 6.42 Å². The highest BCUT2D eigenvalue weighted by molar-refractivity contribution is 6.37. The molecule has 4 rings (SSSR count). The zero-order chi connectivity index (χ0) is 23.4. The van der Waals surface area contributed by atoms with Gasteiger partial charge in [0.05, 0.1) is 16.1 Å². The first-order chi connectivity index (χ1) is 16.0. The van der Waals surface area contributed by atoms with Crippen LogP contribution in [0.1, 0.15) is 35.0 Å². The minimum absolute atomic E-state index is 0.0992. The van der Waals surface area contributed by atoms with Gasteiger partial charge in [0.2, 0.25) is 5.82 Å². The molecule has 2 aromatic carbocycles. The van der Waals surface area contributed by atoms with Crippen LogP contribution in [-0.4, -0.2) is 70.2 Å². The number of aryl methyl sites for hydroxylation is 1. The lowest BCUT2D eigenvalue weighted by molar-refractivity contribution is 0.0897. The van der Waals surface area contributed by atoms with Crippen molar-refractivity contribution in [3.63, 3.8) is 0 Å². The lowest BCUT2D eigenvalue weighted by atomic mass is 10.1. The van der Waals surface area contributed by atoms with Gasteiger partial charge >= 0.3 is 0 Å². The van der Waals surface area contributed by atoms with Crippen LogP contribution in [0.2, 0.25) is 10.0 Å². The highest BCUT2D eigenvalue weighted by atomic mass is 35.5. The van der Waals surface area contributed by atoms with Crippen LogP contribution < -0.4 is 5.32 Å². The normalized spacial score (nSPS) is 16.0. The highest BCUT2D eigenvalue weighted by Crippen LogP contribution is 2.29. The first kappa shape index (κ1) is 23.7. The molecular formula is C24H28Cl2N6O. The van der Waals surface area contributed by atoms with Gasteiger partial charge in [0.1, 0.15) is 11.5 Å². The Kier molecular flexibility index (Phi) is 7.65. The second kappa shape index (κ2) is 10.7. The van der Waals surface area contributed by atoms with Gasteiger partial charge in [-0.2, -0.15) is 0 Å². The Morgan fingerprint density at radius 3 is 2.33 bits per heavy atom. The molecule has 0 spiro atoms. The van der Waals surface area contributed by atoms with E-state index in [4.69, 9.17) is 23.2 Å². The molecule has 0 radical (unpaired) electrons. The minimum atomic E-state index is -0.324. The largest absolute Gasteiger partial charge is 0.341 e. The van der Waals surface area contributed by atoms with Crippen LogP contribution in [0, 0.1) is 0 Å². The van der Waals surface area contributed by atoms with Crippen LogP contribution >= 0.6 is 23.2 Å². The molecule has 1 fully saturated rings. The SMILES string of the molecule is CCc1nc(C(=O)NC(CN2CCN(C)CC2)c2ccccc2)nn1-c1c(Cl)cccc1Cl. The third-order valence-electron chi connectivity index (χ3n) is 5.89. The van der Waals surface area contributed by atoms with Crippen LogP contribution in [0.15, 0.2) is 48.5 Å². The van der Waals surface area contributed by atoms with Crippen LogP contribution in [0.5, 0.6) is 0 Å². The second-order valence-corrected chi connectivity index (χ2v) is 9.04. The molecule has 2 heterocycles. The van der Waals surface area contributed by atoms with Gasteiger partial charge in [-0.3, -0.25) is 9.69 Å². The highest BCUT2D eigenvalue weighted by Gasteiger charge is 2.25. The van der Waals surface area contributed by atoms with Crippen molar-refractivity contribution in [2.45, 2.75) is 19.4 Å². The van der Waals surface area contributed by atoms with E-state index < -0.39 is 0 Å². The Labute approximate surface area is 204 Å². The van der Waals surface area contributed by atoms with Crippen molar-refractivity contribution in [2.75, 3.05) is 39.8 Å². The molecule has 1 saturated heterocycles. The van der Waals surface area contributed by atoms with Crippen LogP contribution in [0.25, 0.3) is 5.69 Å². The summed E-state index contributed by atoms with van der Waals surface area (Å²) in [6, 6.07) is 15.1. The summed E-state index contributed by atoms with van der Waals surface area (Å²) >= 11 is 12.8. The Morgan fingerprint density at radius 2 is 1.70 bits per heavy atom. The van der Waals surface area contributed by atoms with Crippen LogP contribution in [0.3, 0.4) is 0 Å². The third kappa shape index (κ3) is 5.55. The van der Waals surface area contributed by atoms with Gasteiger partial charge in [0.25, 0.3) is 5.91 Å². The summed E-state index contributed by atoms with van der Waals surface area (Å²) in [5.74, 6) is 0.391. The summed E-state index contributed by atoms with van der Waals surface area (Å²) in [7, 11) is 2.13. The molecule has 9 heteroatoms. The van der Waals surface area contributed by atoms with Crippen molar-refractivity contribution in [1.82, 2.24) is 29.9 Å². The molecule has 1 N–H and O–H groups in total. The van der Waals surface area contributed by atoms with Crippen LogP contribution in [0.4, 0.5) is 0 Å². The predicted molar refractivity (Wildman–Crippen MR) is 131 cm³/mol. The summed E-state index contributed by atoms with van der Waals surface area (Å²) in [5.41, 5.74) is 1.58. The quantitative estimate of drug-likeness (QED) is 0.549. The molecule has 1 atom stereocenters. The molecule has 1 aliphatic heterocycles. The predicted octanol–water partition coefficient (Wildman–Crippen LogP) is 3.86. The number of nitrogens with one attached hydrogen (secondary N) is 1. The van der Waals surface area contributed by atoms with Gasteiger partial charge in [-0.15, -0.1) is 5.10 Å². The zero-order valence-corrected chi connectivity index (χ0v) is 20.4. The summed E-state index contributed by atoms with van der Waals surface area (Å²) in [5, 5.41) is 8.54. The lowest BCUT2D eigenvalue weighted by Gasteiger charge is -2.34. The average molecular weight is 487 g/mol. The van der Waals surface area contributed by atoms with E-state index in [1.807, 2.05) is 37.3 Å². The van der Waals surface area contributed by atoms with E-state index in [1.165, 1.54) is 0 Å². The van der Waals surface area contributed by atoms with Gasteiger partial charge in [0.15, 0.2) is 0 Å². The number of piperazine rings is 1. The number of halogens is 2. The topological polar surface area (TPSA) is 66.3 Å². The molecule has 0 aliphatic carbocycles. The Hall–Kier alpha value is -2.45. The first-order valence-electron chi connectivity index (χ1n) is 11.1. The summed E-state index contributed by atoms with van der Waals surface area (Å²) in [6.07, 6.45) is 0.575. The number of carbonyl (C=O) groups excluding carboxylic acids is 1. The number of amides is 1. The maximum Gasteiger partial charge on any atom is 0.291 e. The van der Waals surface area contributed by atoms with Gasteiger partial charge in [-0.1, -0.05) is 66.5 Å². The van der Waals surface area contributed by atoms with Crippen molar-refractivity contribution in [1.29, 1.82) is 0 Å². The van der Waals surface area contributed by atoms with Crippen molar-refractivity contribution in [2.24, 2.45) is 0 Å². The maximum atomic E-state index is 13.3. The van der Waals surface area contributed by atoms with Crippen molar-refractivity contribution in [3.05, 3.63) is 75.8 Å². The minimum Gasteiger partial charge on any atom is -0.341 e. The van der Waals surface area contributed by atoms with E-state index in [-0.39, 0.29) is 17.8 Å². The molecule has 1 unspecified atom stereocenters. The number of rotatable bonds is 7. The number of benzene rings is 2. The van der Waals surface area contributed by atoms with Gasteiger partial charge in [-0.25, -0.2) is 9.67 Å².